The summed E-state index contributed by atoms with van der Waals surface area (Å²) < 4.78 is 0. The van der Waals surface area contributed by atoms with Crippen molar-refractivity contribution >= 4 is 5.82 Å². The third kappa shape index (κ3) is 2.30. The molecule has 0 amide bonds. The number of aliphatic hydroxyl groups excluding tert-OH is 1. The summed E-state index contributed by atoms with van der Waals surface area (Å²) in [5.74, 6) is 0.0468. The average Bonchev–Trinajstić information content (AvgIpc) is 2.25. The van der Waals surface area contributed by atoms with Crippen LogP contribution in [0.4, 0.5) is 5.82 Å². The summed E-state index contributed by atoms with van der Waals surface area (Å²) in [6.45, 7) is 0. The van der Waals surface area contributed by atoms with Gasteiger partial charge in [0, 0.05) is 0 Å². The lowest BCUT2D eigenvalue weighted by molar-refractivity contribution is 0.116. The topological polar surface area (TPSA) is 111 Å². The molecule has 0 bridgehead atoms. The van der Waals surface area contributed by atoms with E-state index >= 15 is 0 Å². The molecule has 1 heterocycles. The zero-order valence-corrected chi connectivity index (χ0v) is 8.69. The molecule has 7 heteroatoms. The second kappa shape index (κ2) is 4.48. The van der Waals surface area contributed by atoms with Crippen LogP contribution < -0.4 is 16.6 Å². The van der Waals surface area contributed by atoms with Crippen molar-refractivity contribution in [1.82, 2.24) is 15.2 Å². The molecule has 0 spiro atoms. The van der Waals surface area contributed by atoms with Crippen molar-refractivity contribution in [3.63, 3.8) is 0 Å². The Labute approximate surface area is 90.9 Å². The molecular formula is C9H14N4O3. The Morgan fingerprint density at radius 2 is 2.06 bits per heavy atom. The molecule has 0 saturated heterocycles. The monoisotopic (exact) mass is 226 g/mol. The highest BCUT2D eigenvalue weighted by atomic mass is 16.3. The van der Waals surface area contributed by atoms with Crippen LogP contribution in [-0.4, -0.2) is 32.4 Å². The molecule has 2 rings (SSSR count). The largest absolute Gasteiger partial charge is 0.391 e. The fourth-order valence-corrected chi connectivity index (χ4v) is 1.90. The molecule has 7 nitrogen and oxygen atoms in total. The lowest BCUT2D eigenvalue weighted by atomic mass is 9.93. The first-order valence-corrected chi connectivity index (χ1v) is 5.30. The number of aromatic amines is 2. The van der Waals surface area contributed by atoms with Crippen molar-refractivity contribution < 1.29 is 5.11 Å². The molecule has 0 aliphatic heterocycles. The minimum absolute atomic E-state index is 0.0468. The minimum atomic E-state index is -0.639. The summed E-state index contributed by atoms with van der Waals surface area (Å²) >= 11 is 0. The molecule has 88 valence electrons. The van der Waals surface area contributed by atoms with E-state index in [1.54, 1.807) is 0 Å². The lowest BCUT2D eigenvalue weighted by Gasteiger charge is -2.28. The van der Waals surface area contributed by atoms with Gasteiger partial charge in [0.1, 0.15) is 0 Å². The number of aliphatic hydroxyl groups is 1. The van der Waals surface area contributed by atoms with Crippen LogP contribution >= 0.6 is 0 Å². The van der Waals surface area contributed by atoms with E-state index in [1.807, 2.05) is 0 Å². The predicted molar refractivity (Wildman–Crippen MR) is 57.4 cm³/mol. The molecule has 1 aliphatic rings. The number of H-pyrrole nitrogens is 2. The lowest BCUT2D eigenvalue weighted by Crippen LogP contribution is -2.39. The van der Waals surface area contributed by atoms with Crippen molar-refractivity contribution in [3.8, 4) is 0 Å². The molecule has 1 aromatic heterocycles. The van der Waals surface area contributed by atoms with Gasteiger partial charge in [0.2, 0.25) is 5.82 Å². The molecule has 0 aromatic carbocycles. The van der Waals surface area contributed by atoms with Gasteiger partial charge in [-0.3, -0.25) is 9.78 Å². The second-order valence-electron chi connectivity index (χ2n) is 3.96. The number of aromatic nitrogens is 3. The van der Waals surface area contributed by atoms with Crippen molar-refractivity contribution in [2.45, 2.75) is 37.8 Å². The number of hydrogen-bond donors (Lipinski definition) is 4. The van der Waals surface area contributed by atoms with Gasteiger partial charge in [0.15, 0.2) is 0 Å². The molecule has 2 atom stereocenters. The van der Waals surface area contributed by atoms with Crippen LogP contribution in [0.25, 0.3) is 0 Å². The second-order valence-corrected chi connectivity index (χ2v) is 3.96. The highest BCUT2D eigenvalue weighted by molar-refractivity contribution is 5.31. The summed E-state index contributed by atoms with van der Waals surface area (Å²) in [4.78, 5) is 24.2. The number of rotatable bonds is 2. The summed E-state index contributed by atoms with van der Waals surface area (Å²) in [7, 11) is 0. The first-order valence-electron chi connectivity index (χ1n) is 5.30. The Hall–Kier alpha value is -1.63. The highest BCUT2D eigenvalue weighted by Gasteiger charge is 2.23. The standard InChI is InChI=1S/C9H14N4O3/c14-6-4-2-1-3-5(6)10-7-8(15)11-9(16)13-12-7/h5-6,14H,1-4H2,(H,10,12)(H2,11,13,15,16). The smallest absolute Gasteiger partial charge is 0.342 e. The molecule has 16 heavy (non-hydrogen) atoms. The third-order valence-corrected chi connectivity index (χ3v) is 2.76. The van der Waals surface area contributed by atoms with Crippen molar-refractivity contribution in [2.24, 2.45) is 0 Å². The first kappa shape index (κ1) is 10.9. The van der Waals surface area contributed by atoms with E-state index in [9.17, 15) is 14.7 Å². The van der Waals surface area contributed by atoms with Crippen molar-refractivity contribution in [1.29, 1.82) is 0 Å². The number of hydrogen-bond acceptors (Lipinski definition) is 5. The summed E-state index contributed by atoms with van der Waals surface area (Å²) in [6.07, 6.45) is 3.05. The van der Waals surface area contributed by atoms with Gasteiger partial charge in [-0.25, -0.2) is 9.89 Å². The number of anilines is 1. The van der Waals surface area contributed by atoms with Crippen LogP contribution in [0.1, 0.15) is 25.7 Å². The van der Waals surface area contributed by atoms with E-state index in [4.69, 9.17) is 0 Å². The van der Waals surface area contributed by atoms with Gasteiger partial charge in [-0.15, -0.1) is 5.10 Å². The molecule has 4 N–H and O–H groups in total. The Morgan fingerprint density at radius 1 is 1.31 bits per heavy atom. The molecule has 1 saturated carbocycles. The Balaban J connectivity index is 2.14. The van der Waals surface area contributed by atoms with Gasteiger partial charge in [-0.1, -0.05) is 12.8 Å². The fourth-order valence-electron chi connectivity index (χ4n) is 1.90. The van der Waals surface area contributed by atoms with Crippen LogP contribution in [0.15, 0.2) is 9.59 Å². The maximum absolute atomic E-state index is 11.3. The van der Waals surface area contributed by atoms with Crippen molar-refractivity contribution in [2.75, 3.05) is 5.32 Å². The van der Waals surface area contributed by atoms with Gasteiger partial charge in [-0.2, -0.15) is 0 Å². The summed E-state index contributed by atoms with van der Waals surface area (Å²) in [6, 6.07) is -0.173. The van der Waals surface area contributed by atoms with Crippen LogP contribution in [-0.2, 0) is 0 Å². The Kier molecular flexibility index (Phi) is 3.04. The maximum Gasteiger partial charge on any atom is 0.342 e. The van der Waals surface area contributed by atoms with Gasteiger partial charge in [0.05, 0.1) is 12.1 Å². The van der Waals surface area contributed by atoms with Crippen LogP contribution in [0.2, 0.25) is 0 Å². The van der Waals surface area contributed by atoms with Gasteiger partial charge < -0.3 is 10.4 Å². The molecular weight excluding hydrogens is 212 g/mol. The minimum Gasteiger partial charge on any atom is -0.391 e. The maximum atomic E-state index is 11.3. The van der Waals surface area contributed by atoms with Gasteiger partial charge in [-0.05, 0) is 12.8 Å². The fraction of sp³-hybridized carbons (Fsp3) is 0.667. The van der Waals surface area contributed by atoms with Crippen LogP contribution in [0.3, 0.4) is 0 Å². The van der Waals surface area contributed by atoms with E-state index in [0.717, 1.165) is 25.7 Å². The van der Waals surface area contributed by atoms with E-state index in [2.05, 4.69) is 20.5 Å². The molecule has 1 fully saturated rings. The average molecular weight is 226 g/mol. The Morgan fingerprint density at radius 3 is 2.75 bits per heavy atom. The molecule has 1 aromatic rings. The van der Waals surface area contributed by atoms with E-state index < -0.39 is 17.4 Å². The molecule has 0 radical (unpaired) electrons. The first-order chi connectivity index (χ1) is 7.66. The highest BCUT2D eigenvalue weighted by Crippen LogP contribution is 2.20. The number of nitrogens with zero attached hydrogens (tertiary/aromatic N) is 1. The van der Waals surface area contributed by atoms with Gasteiger partial charge in [0.25, 0.3) is 5.56 Å². The zero-order chi connectivity index (χ0) is 11.5. The van der Waals surface area contributed by atoms with Crippen molar-refractivity contribution in [3.05, 3.63) is 20.8 Å². The third-order valence-electron chi connectivity index (χ3n) is 2.76. The van der Waals surface area contributed by atoms with Crippen LogP contribution in [0.5, 0.6) is 0 Å². The predicted octanol–water partition coefficient (Wildman–Crippen LogP) is -0.826. The SMILES string of the molecule is O=c1[nH]nc(NC2CCCCC2O)c(=O)[nH]1. The van der Waals surface area contributed by atoms with E-state index in [-0.39, 0.29) is 11.9 Å². The van der Waals surface area contributed by atoms with E-state index in [0.29, 0.717) is 0 Å². The summed E-state index contributed by atoms with van der Waals surface area (Å²) in [5, 5.41) is 18.3. The zero-order valence-electron chi connectivity index (χ0n) is 8.69. The quantitative estimate of drug-likeness (QED) is 0.526. The molecule has 2 unspecified atom stereocenters. The Bertz CT molecular complexity index is 466. The van der Waals surface area contributed by atoms with Crippen LogP contribution in [0, 0.1) is 0 Å². The molecule has 1 aliphatic carbocycles. The number of nitrogens with one attached hydrogen (secondary N) is 3. The normalized spacial score (nSPS) is 25.3. The van der Waals surface area contributed by atoms with E-state index in [1.165, 1.54) is 0 Å². The summed E-state index contributed by atoms with van der Waals surface area (Å²) in [5.41, 5.74) is -1.21. The van der Waals surface area contributed by atoms with Gasteiger partial charge >= 0.3 is 5.69 Å².